The van der Waals surface area contributed by atoms with Crippen LogP contribution >= 0.6 is 0 Å². The first kappa shape index (κ1) is 36.9. The van der Waals surface area contributed by atoms with Gasteiger partial charge in [0.2, 0.25) is 0 Å². The molecule has 0 aliphatic carbocycles. The number of nitrogens with zero attached hydrogens (tertiary/aromatic N) is 3. The lowest BCUT2D eigenvalue weighted by atomic mass is 9.92. The lowest BCUT2D eigenvalue weighted by Crippen LogP contribution is -2.02. The van der Waals surface area contributed by atoms with E-state index < -0.39 is 0 Å². The molecule has 13 aromatic rings. The highest BCUT2D eigenvalue weighted by Crippen LogP contribution is 2.42. The number of furan rings is 1. The molecule has 4 heteroatoms. The molecule has 0 atom stereocenters. The Labute approximate surface area is 374 Å². The van der Waals surface area contributed by atoms with Gasteiger partial charge in [-0.1, -0.05) is 188 Å². The fourth-order valence-electron chi connectivity index (χ4n) is 9.65. The van der Waals surface area contributed by atoms with Crippen molar-refractivity contribution in [1.29, 1.82) is 0 Å². The van der Waals surface area contributed by atoms with E-state index >= 15 is 0 Å². The Hall–Kier alpha value is -8.73. The Kier molecular flexibility index (Phi) is 8.50. The minimum Gasteiger partial charge on any atom is -0.455 e. The van der Waals surface area contributed by atoms with Gasteiger partial charge in [-0.2, -0.15) is 0 Å². The molecule has 65 heavy (non-hydrogen) atoms. The van der Waals surface area contributed by atoms with Crippen molar-refractivity contribution in [3.05, 3.63) is 224 Å². The van der Waals surface area contributed by atoms with E-state index in [4.69, 9.17) is 19.4 Å². The Balaban J connectivity index is 1.05. The quantitative estimate of drug-likeness (QED) is 0.168. The van der Waals surface area contributed by atoms with Crippen LogP contribution in [0.5, 0.6) is 0 Å². The van der Waals surface area contributed by atoms with Crippen molar-refractivity contribution in [2.45, 2.75) is 0 Å². The zero-order valence-corrected chi connectivity index (χ0v) is 35.1. The molecule has 2 aromatic heterocycles. The number of hydrogen-bond acceptors (Lipinski definition) is 4. The number of benzene rings is 11. The lowest BCUT2D eigenvalue weighted by Gasteiger charge is -2.16. The highest BCUT2D eigenvalue weighted by molar-refractivity contribution is 6.10. The summed E-state index contributed by atoms with van der Waals surface area (Å²) < 4.78 is 6.63. The van der Waals surface area contributed by atoms with E-state index in [9.17, 15) is 0 Å². The van der Waals surface area contributed by atoms with Crippen LogP contribution < -0.4 is 0 Å². The topological polar surface area (TPSA) is 51.8 Å². The predicted octanol–water partition coefficient (Wildman–Crippen LogP) is 16.4. The van der Waals surface area contributed by atoms with Gasteiger partial charge in [-0.25, -0.2) is 15.0 Å². The van der Waals surface area contributed by atoms with Gasteiger partial charge in [-0.05, 0) is 113 Å². The minimum atomic E-state index is 0.545. The Bertz CT molecular complexity index is 4020. The Morgan fingerprint density at radius 3 is 1.62 bits per heavy atom. The van der Waals surface area contributed by atoms with Crippen molar-refractivity contribution in [3.63, 3.8) is 0 Å². The average molecular weight is 828 g/mol. The van der Waals surface area contributed by atoms with Crippen LogP contribution in [0.25, 0.3) is 133 Å². The third-order valence-corrected chi connectivity index (χ3v) is 12.9. The first-order valence-corrected chi connectivity index (χ1v) is 22.0. The number of aromatic nitrogens is 3. The summed E-state index contributed by atoms with van der Waals surface area (Å²) in [5.41, 5.74) is 11.1. The number of para-hydroxylation sites is 2. The molecule has 0 saturated heterocycles. The van der Waals surface area contributed by atoms with E-state index in [0.717, 1.165) is 82.4 Å². The van der Waals surface area contributed by atoms with Crippen molar-refractivity contribution in [2.24, 2.45) is 0 Å². The maximum atomic E-state index is 6.63. The molecule has 4 nitrogen and oxygen atoms in total. The van der Waals surface area contributed by atoms with Crippen LogP contribution in [0.15, 0.2) is 229 Å². The lowest BCUT2D eigenvalue weighted by molar-refractivity contribution is 0.669. The molecule has 0 saturated carbocycles. The molecule has 0 fully saturated rings. The molecular formula is C61H37N3O. The van der Waals surface area contributed by atoms with Crippen molar-refractivity contribution in [3.8, 4) is 67.5 Å². The molecule has 0 spiro atoms. The van der Waals surface area contributed by atoms with Crippen LogP contribution in [0.4, 0.5) is 0 Å². The fourth-order valence-corrected chi connectivity index (χ4v) is 9.65. The zero-order chi connectivity index (χ0) is 42.8. The average Bonchev–Trinajstić information content (AvgIpc) is 3.77. The summed E-state index contributed by atoms with van der Waals surface area (Å²) in [5, 5.41) is 11.2. The molecule has 0 radical (unpaired) electrons. The molecule has 0 aliphatic heterocycles. The van der Waals surface area contributed by atoms with E-state index in [0.29, 0.717) is 17.5 Å². The van der Waals surface area contributed by atoms with Gasteiger partial charge < -0.3 is 4.42 Å². The third kappa shape index (κ3) is 6.34. The summed E-state index contributed by atoms with van der Waals surface area (Å²) in [7, 11) is 0. The second-order valence-electron chi connectivity index (χ2n) is 16.7. The number of hydrogen-bond donors (Lipinski definition) is 0. The molecular weight excluding hydrogens is 791 g/mol. The van der Waals surface area contributed by atoms with Crippen LogP contribution in [0, 0.1) is 0 Å². The highest BCUT2D eigenvalue weighted by Gasteiger charge is 2.22. The SMILES string of the molecule is c1ccc(-c2ccc3ccc(-c4ccc5cccc(-c6nc(-c7c(-c8ccc9ccccc9c8)ccc8ccccc78)nc(-c7cccc8c7oc7ccccc78)n6)c5c4)cc3c2)cc1. The van der Waals surface area contributed by atoms with Crippen LogP contribution in [-0.2, 0) is 0 Å². The van der Waals surface area contributed by atoms with Gasteiger partial charge in [-0.15, -0.1) is 0 Å². The van der Waals surface area contributed by atoms with E-state index in [-0.39, 0.29) is 0 Å². The summed E-state index contributed by atoms with van der Waals surface area (Å²) in [5.74, 6) is 1.73. The fraction of sp³-hybridized carbons (Fsp3) is 0. The molecule has 13 rings (SSSR count). The standard InChI is InChI=1S/C61H37N3O/c1-2-12-38(13-3-1)44-28-24-40-25-29-45(36-48(40)35-44)46-30-27-42-17-10-21-53(55(42)37-46)59-62-60(54-22-11-20-52-51-19-8-9-23-56(51)65-58(52)54)64-61(63-59)57-49-18-7-6-15-41(49)32-33-50(57)47-31-26-39-14-4-5-16-43(39)34-47/h1-37H. The van der Waals surface area contributed by atoms with Crippen LogP contribution in [0.2, 0.25) is 0 Å². The normalized spacial score (nSPS) is 11.7. The molecule has 11 aromatic carbocycles. The molecule has 0 aliphatic rings. The van der Waals surface area contributed by atoms with E-state index in [2.05, 4.69) is 206 Å². The van der Waals surface area contributed by atoms with Gasteiger partial charge in [0.15, 0.2) is 17.5 Å². The Morgan fingerprint density at radius 1 is 0.262 bits per heavy atom. The van der Waals surface area contributed by atoms with Gasteiger partial charge in [0.1, 0.15) is 11.2 Å². The van der Waals surface area contributed by atoms with E-state index in [1.165, 1.54) is 32.7 Å². The smallest absolute Gasteiger partial charge is 0.167 e. The second-order valence-corrected chi connectivity index (χ2v) is 16.7. The minimum absolute atomic E-state index is 0.545. The van der Waals surface area contributed by atoms with E-state index in [1.54, 1.807) is 0 Å². The van der Waals surface area contributed by atoms with Gasteiger partial charge in [0.25, 0.3) is 0 Å². The first-order chi connectivity index (χ1) is 32.2. The van der Waals surface area contributed by atoms with E-state index in [1.807, 2.05) is 18.2 Å². The molecule has 0 bridgehead atoms. The maximum Gasteiger partial charge on any atom is 0.167 e. The predicted molar refractivity (Wildman–Crippen MR) is 270 cm³/mol. The van der Waals surface area contributed by atoms with Crippen LogP contribution in [-0.4, -0.2) is 15.0 Å². The number of fused-ring (bicyclic) bond motifs is 7. The molecule has 0 unspecified atom stereocenters. The monoisotopic (exact) mass is 827 g/mol. The van der Waals surface area contributed by atoms with Crippen molar-refractivity contribution >= 4 is 65.0 Å². The van der Waals surface area contributed by atoms with Crippen LogP contribution in [0.1, 0.15) is 0 Å². The molecule has 302 valence electrons. The van der Waals surface area contributed by atoms with Crippen molar-refractivity contribution in [2.75, 3.05) is 0 Å². The van der Waals surface area contributed by atoms with Crippen molar-refractivity contribution < 1.29 is 4.42 Å². The summed E-state index contributed by atoms with van der Waals surface area (Å²) in [6.45, 7) is 0. The second kappa shape index (κ2) is 15.0. The molecule has 0 amide bonds. The zero-order valence-electron chi connectivity index (χ0n) is 35.1. The maximum absolute atomic E-state index is 6.63. The van der Waals surface area contributed by atoms with Gasteiger partial charge in [-0.3, -0.25) is 0 Å². The third-order valence-electron chi connectivity index (χ3n) is 12.9. The summed E-state index contributed by atoms with van der Waals surface area (Å²) in [6.07, 6.45) is 0. The summed E-state index contributed by atoms with van der Waals surface area (Å²) in [4.78, 5) is 16.3. The highest BCUT2D eigenvalue weighted by atomic mass is 16.3. The summed E-state index contributed by atoms with van der Waals surface area (Å²) in [6, 6.07) is 79.6. The van der Waals surface area contributed by atoms with Gasteiger partial charge in [0.05, 0.1) is 5.56 Å². The molecule has 0 N–H and O–H groups in total. The molecule has 2 heterocycles. The van der Waals surface area contributed by atoms with Crippen molar-refractivity contribution in [1.82, 2.24) is 15.0 Å². The van der Waals surface area contributed by atoms with Gasteiger partial charge >= 0.3 is 0 Å². The van der Waals surface area contributed by atoms with Gasteiger partial charge in [0, 0.05) is 21.9 Å². The first-order valence-electron chi connectivity index (χ1n) is 22.0. The Morgan fingerprint density at radius 2 is 0.785 bits per heavy atom. The summed E-state index contributed by atoms with van der Waals surface area (Å²) >= 11 is 0. The largest absolute Gasteiger partial charge is 0.455 e. The number of rotatable bonds is 6. The van der Waals surface area contributed by atoms with Crippen LogP contribution in [0.3, 0.4) is 0 Å².